The lowest BCUT2D eigenvalue weighted by molar-refractivity contribution is 0.953. The van der Waals surface area contributed by atoms with Crippen LogP contribution in [0.3, 0.4) is 0 Å². The molecule has 18 aromatic rings. The Balaban J connectivity index is 0.855. The van der Waals surface area contributed by atoms with E-state index in [-0.39, 0.29) is 0 Å². The van der Waals surface area contributed by atoms with Gasteiger partial charge >= 0.3 is 0 Å². The first-order chi connectivity index (χ1) is 44.1. The van der Waals surface area contributed by atoms with E-state index in [1.165, 1.54) is 65.3 Å². The molecule has 14 aromatic carbocycles. The Bertz CT molecular complexity index is 5480. The van der Waals surface area contributed by atoms with Gasteiger partial charge in [0.2, 0.25) is 5.95 Å². The van der Waals surface area contributed by atoms with Crippen molar-refractivity contribution in [2.45, 2.75) is 0 Å². The molecule has 0 N–H and O–H groups in total. The molecule has 0 amide bonds. The smallest absolute Gasteiger partial charge is 0.238 e. The molecule has 4 aromatic heterocycles. The van der Waals surface area contributed by atoms with E-state index < -0.39 is 0 Å². The second kappa shape index (κ2) is 20.3. The van der Waals surface area contributed by atoms with Crippen molar-refractivity contribution < 1.29 is 0 Å². The van der Waals surface area contributed by atoms with Gasteiger partial charge in [-0.15, -0.1) is 0 Å². The van der Waals surface area contributed by atoms with E-state index in [1.54, 1.807) is 0 Å². The molecule has 0 spiro atoms. The van der Waals surface area contributed by atoms with Crippen molar-refractivity contribution in [3.05, 3.63) is 315 Å². The third-order valence-electron chi connectivity index (χ3n) is 18.1. The maximum absolute atomic E-state index is 5.48. The Kier molecular flexibility index (Phi) is 11.5. The zero-order chi connectivity index (χ0) is 58.5. The van der Waals surface area contributed by atoms with Gasteiger partial charge in [0, 0.05) is 54.8 Å². The molecule has 0 aliphatic rings. The minimum absolute atomic E-state index is 0.529. The number of para-hydroxylation sites is 2. The Hall–Kier alpha value is -12.0. The van der Waals surface area contributed by atoms with Crippen molar-refractivity contribution in [1.29, 1.82) is 0 Å². The molecular weight excluding hydrogens is 1080 g/mol. The number of rotatable bonds is 9. The van der Waals surface area contributed by atoms with Crippen LogP contribution < -0.4 is 0 Å². The molecular formula is C83H52N6. The molecule has 0 saturated carbocycles. The highest BCUT2D eigenvalue weighted by Crippen LogP contribution is 2.42. The van der Waals surface area contributed by atoms with Crippen molar-refractivity contribution in [1.82, 2.24) is 28.7 Å². The molecule has 0 fully saturated rings. The van der Waals surface area contributed by atoms with E-state index in [4.69, 9.17) is 15.0 Å². The quantitative estimate of drug-likeness (QED) is 0.145. The zero-order valence-corrected chi connectivity index (χ0v) is 48.2. The number of nitrogens with zero attached hydrogens (tertiary/aromatic N) is 6. The van der Waals surface area contributed by atoms with Gasteiger partial charge in [-0.3, -0.25) is 4.57 Å². The minimum atomic E-state index is 0.529. The Morgan fingerprint density at radius 3 is 0.955 bits per heavy atom. The van der Waals surface area contributed by atoms with E-state index in [2.05, 4.69) is 329 Å². The van der Waals surface area contributed by atoms with Crippen LogP contribution in [0.2, 0.25) is 0 Å². The van der Waals surface area contributed by atoms with Crippen molar-refractivity contribution in [3.8, 4) is 84.6 Å². The summed E-state index contributed by atoms with van der Waals surface area (Å²) in [6, 6.07) is 114. The lowest BCUT2D eigenvalue weighted by Crippen LogP contribution is -2.06. The van der Waals surface area contributed by atoms with Gasteiger partial charge in [0.05, 0.1) is 33.1 Å². The van der Waals surface area contributed by atoms with Crippen LogP contribution in [-0.2, 0) is 0 Å². The second-order valence-electron chi connectivity index (χ2n) is 23.2. The van der Waals surface area contributed by atoms with Gasteiger partial charge in [0.1, 0.15) is 0 Å². The van der Waals surface area contributed by atoms with Crippen LogP contribution in [0, 0.1) is 0 Å². The lowest BCUT2D eigenvalue weighted by Gasteiger charge is -2.13. The molecule has 0 aliphatic heterocycles. The molecule has 6 nitrogen and oxygen atoms in total. The highest BCUT2D eigenvalue weighted by molar-refractivity contribution is 6.15. The summed E-state index contributed by atoms with van der Waals surface area (Å²) in [4.78, 5) is 16.3. The fourth-order valence-electron chi connectivity index (χ4n) is 13.7. The summed E-state index contributed by atoms with van der Waals surface area (Å²) >= 11 is 0. The first-order valence-corrected chi connectivity index (χ1v) is 30.3. The maximum atomic E-state index is 5.48. The first kappa shape index (κ1) is 50.3. The van der Waals surface area contributed by atoms with Gasteiger partial charge in [-0.05, 0) is 151 Å². The molecule has 18 rings (SSSR count). The van der Waals surface area contributed by atoms with Crippen LogP contribution in [-0.4, -0.2) is 28.7 Å². The Labute approximate surface area is 512 Å². The molecule has 0 atom stereocenters. The topological polar surface area (TPSA) is 53.5 Å². The summed E-state index contributed by atoms with van der Waals surface area (Å²) in [6.07, 6.45) is 0. The highest BCUT2D eigenvalue weighted by atomic mass is 15.2. The third kappa shape index (κ3) is 8.45. The molecule has 0 unspecified atom stereocenters. The van der Waals surface area contributed by atoms with Gasteiger partial charge < -0.3 is 9.13 Å². The molecule has 0 bridgehead atoms. The van der Waals surface area contributed by atoms with Crippen LogP contribution in [0.15, 0.2) is 315 Å². The average molecular weight is 1130 g/mol. The zero-order valence-electron chi connectivity index (χ0n) is 48.2. The summed E-state index contributed by atoms with van der Waals surface area (Å²) < 4.78 is 7.10. The fourth-order valence-corrected chi connectivity index (χ4v) is 13.7. The van der Waals surface area contributed by atoms with Crippen molar-refractivity contribution in [3.63, 3.8) is 0 Å². The fraction of sp³-hybridized carbons (Fsp3) is 0. The summed E-state index contributed by atoms with van der Waals surface area (Å²) in [6.45, 7) is 0. The van der Waals surface area contributed by atoms with Gasteiger partial charge in [0.15, 0.2) is 11.6 Å². The first-order valence-electron chi connectivity index (χ1n) is 30.3. The average Bonchev–Trinajstić information content (AvgIpc) is 1.80. The largest absolute Gasteiger partial charge is 0.309 e. The summed E-state index contributed by atoms with van der Waals surface area (Å²) in [5.41, 5.74) is 19.7. The molecule has 6 heteroatoms. The van der Waals surface area contributed by atoms with E-state index in [0.29, 0.717) is 17.6 Å². The summed E-state index contributed by atoms with van der Waals surface area (Å²) in [7, 11) is 0. The SMILES string of the molecule is c1ccc(-c2ccc(-c3nc(-c4ccc(-c5ccccc5)cc4)nc(-n4c5ccc(-n6c7ccccc7c7cc(-c8ccc9ccccc9c8)ccc76)cc5c5cc(-n6c7ccccc7c7cc(-c8ccc9ccccc9c8)ccc76)ccc54)n3)cc2)cc1. The van der Waals surface area contributed by atoms with Crippen LogP contribution >= 0.6 is 0 Å². The van der Waals surface area contributed by atoms with Gasteiger partial charge in [0.25, 0.3) is 0 Å². The molecule has 4 heterocycles. The number of hydrogen-bond donors (Lipinski definition) is 0. The van der Waals surface area contributed by atoms with Crippen LogP contribution in [0.5, 0.6) is 0 Å². The van der Waals surface area contributed by atoms with E-state index in [0.717, 1.165) is 88.6 Å². The maximum Gasteiger partial charge on any atom is 0.238 e. The lowest BCUT2D eigenvalue weighted by atomic mass is 9.99. The minimum Gasteiger partial charge on any atom is -0.309 e. The normalized spacial score (nSPS) is 11.8. The third-order valence-corrected chi connectivity index (χ3v) is 18.1. The molecule has 0 saturated heterocycles. The molecule has 0 radical (unpaired) electrons. The Morgan fingerprint density at radius 1 is 0.180 bits per heavy atom. The van der Waals surface area contributed by atoms with Crippen molar-refractivity contribution in [2.75, 3.05) is 0 Å². The van der Waals surface area contributed by atoms with Gasteiger partial charge in [-0.1, -0.05) is 231 Å². The Morgan fingerprint density at radius 2 is 0.494 bits per heavy atom. The van der Waals surface area contributed by atoms with Crippen LogP contribution in [0.4, 0.5) is 0 Å². The van der Waals surface area contributed by atoms with E-state index >= 15 is 0 Å². The van der Waals surface area contributed by atoms with Crippen molar-refractivity contribution >= 4 is 87.0 Å². The highest BCUT2D eigenvalue weighted by Gasteiger charge is 2.23. The van der Waals surface area contributed by atoms with Crippen molar-refractivity contribution in [2.24, 2.45) is 0 Å². The standard InChI is InChI=1S/C83H52N6/c1-3-15-53(16-4-1)57-27-33-59(34-28-57)81-84-82(60-35-29-58(30-36-60)54-17-5-2-6-18-54)86-83(85-81)89-79-45-41-67(87-75-25-13-11-23-69(75)71-49-65(39-43-77(71)87)63-37-31-55-19-7-9-21-61(55)47-63)51-73(79)74-52-68(42-46-80(74)89)88-76-26-14-12-24-70(76)72-50-66(40-44-78(72)88)64-38-32-56-20-8-10-22-62(56)48-64/h1-52H. The monoisotopic (exact) mass is 1130 g/mol. The summed E-state index contributed by atoms with van der Waals surface area (Å²) in [5, 5.41) is 11.9. The summed E-state index contributed by atoms with van der Waals surface area (Å²) in [5.74, 6) is 1.70. The predicted molar refractivity (Wildman–Crippen MR) is 370 cm³/mol. The second-order valence-corrected chi connectivity index (χ2v) is 23.2. The van der Waals surface area contributed by atoms with E-state index in [9.17, 15) is 0 Å². The number of hydrogen-bond acceptors (Lipinski definition) is 3. The molecule has 414 valence electrons. The number of aromatic nitrogens is 6. The predicted octanol–water partition coefficient (Wildman–Crippen LogP) is 21.5. The number of benzene rings is 14. The van der Waals surface area contributed by atoms with E-state index in [1.807, 2.05) is 0 Å². The molecule has 0 aliphatic carbocycles. The van der Waals surface area contributed by atoms with Crippen LogP contribution in [0.25, 0.3) is 172 Å². The number of fused-ring (bicyclic) bond motifs is 11. The van der Waals surface area contributed by atoms with Gasteiger partial charge in [-0.2, -0.15) is 9.97 Å². The van der Waals surface area contributed by atoms with Crippen LogP contribution in [0.1, 0.15) is 0 Å². The van der Waals surface area contributed by atoms with Gasteiger partial charge in [-0.25, -0.2) is 4.98 Å². The molecule has 89 heavy (non-hydrogen) atoms.